The summed E-state index contributed by atoms with van der Waals surface area (Å²) in [6.45, 7) is 0. The predicted octanol–water partition coefficient (Wildman–Crippen LogP) is 6.50. The Kier molecular flexibility index (Phi) is 5.72. The number of halogens is 2. The Balaban J connectivity index is 1.71. The molecule has 0 aromatic heterocycles. The summed E-state index contributed by atoms with van der Waals surface area (Å²) in [7, 11) is 0. The van der Waals surface area contributed by atoms with Crippen molar-refractivity contribution < 1.29 is 0 Å². The average molecular weight is 418 g/mol. The van der Waals surface area contributed by atoms with Crippen molar-refractivity contribution in [1.29, 1.82) is 0 Å². The maximum absolute atomic E-state index is 6.08. The van der Waals surface area contributed by atoms with Gasteiger partial charge in [0.2, 0.25) is 0 Å². The molecule has 2 aliphatic carbocycles. The van der Waals surface area contributed by atoms with E-state index in [0.29, 0.717) is 6.04 Å². The Morgan fingerprint density at radius 1 is 0.952 bits per heavy atom. The van der Waals surface area contributed by atoms with Crippen molar-refractivity contribution >= 4 is 39.9 Å². The second-order valence-corrected chi connectivity index (χ2v) is 8.32. The summed E-state index contributed by atoms with van der Waals surface area (Å²) in [5, 5.41) is 4.69. The number of hydrogen-bond donors (Lipinski definition) is 1. The molecule has 0 radical (unpaired) electrons. The third kappa shape index (κ3) is 4.07. The monoisotopic (exact) mass is 417 g/mol. The van der Waals surface area contributed by atoms with Gasteiger partial charge in [-0.25, -0.2) is 0 Å². The van der Waals surface area contributed by atoms with Crippen molar-refractivity contribution in [2.75, 3.05) is 5.32 Å². The smallest absolute Gasteiger partial charge is 0.0479 e. The first-order chi connectivity index (χ1) is 10.2. The van der Waals surface area contributed by atoms with Crippen molar-refractivity contribution in [3.05, 3.63) is 26.8 Å². The zero-order chi connectivity index (χ0) is 14.7. The summed E-state index contributed by atoms with van der Waals surface area (Å²) in [6, 6.07) is 6.88. The van der Waals surface area contributed by atoms with Gasteiger partial charge in [0.15, 0.2) is 0 Å². The Morgan fingerprint density at radius 2 is 1.67 bits per heavy atom. The van der Waals surface area contributed by atoms with Crippen LogP contribution >= 0.6 is 34.2 Å². The highest BCUT2D eigenvalue weighted by Crippen LogP contribution is 2.40. The first-order valence-corrected chi connectivity index (χ1v) is 9.91. The van der Waals surface area contributed by atoms with Crippen LogP contribution in [0.15, 0.2) is 18.2 Å². The van der Waals surface area contributed by atoms with Crippen molar-refractivity contribution in [2.24, 2.45) is 11.8 Å². The first kappa shape index (κ1) is 15.9. The molecule has 0 amide bonds. The van der Waals surface area contributed by atoms with Crippen LogP contribution in [0, 0.1) is 15.4 Å². The topological polar surface area (TPSA) is 12.0 Å². The fourth-order valence-corrected chi connectivity index (χ4v) is 5.30. The molecule has 0 saturated heterocycles. The lowest BCUT2D eigenvalue weighted by atomic mass is 9.71. The largest absolute Gasteiger partial charge is 0.381 e. The van der Waals surface area contributed by atoms with Crippen LogP contribution in [0.5, 0.6) is 0 Å². The zero-order valence-electron chi connectivity index (χ0n) is 12.6. The SMILES string of the molecule is Clc1ccc(NC2CCCCC2C2CCCCC2)c(I)c1. The second-order valence-electron chi connectivity index (χ2n) is 6.72. The second kappa shape index (κ2) is 7.54. The molecule has 0 bridgehead atoms. The van der Waals surface area contributed by atoms with E-state index in [0.717, 1.165) is 16.9 Å². The summed E-state index contributed by atoms with van der Waals surface area (Å²) in [5.74, 6) is 1.84. The van der Waals surface area contributed by atoms with E-state index >= 15 is 0 Å². The highest BCUT2D eigenvalue weighted by molar-refractivity contribution is 14.1. The molecule has 116 valence electrons. The van der Waals surface area contributed by atoms with Crippen molar-refractivity contribution in [2.45, 2.75) is 63.8 Å². The quantitative estimate of drug-likeness (QED) is 0.554. The Bertz CT molecular complexity index is 470. The van der Waals surface area contributed by atoms with Gasteiger partial charge in [0.25, 0.3) is 0 Å². The molecule has 0 aliphatic heterocycles. The molecular weight excluding hydrogens is 393 g/mol. The molecule has 3 rings (SSSR count). The van der Waals surface area contributed by atoms with E-state index in [-0.39, 0.29) is 0 Å². The number of hydrogen-bond acceptors (Lipinski definition) is 1. The number of anilines is 1. The maximum Gasteiger partial charge on any atom is 0.0479 e. The molecule has 1 N–H and O–H groups in total. The zero-order valence-corrected chi connectivity index (χ0v) is 15.5. The Hall–Kier alpha value is 0.0400. The van der Waals surface area contributed by atoms with Gasteiger partial charge in [-0.3, -0.25) is 0 Å². The van der Waals surface area contributed by atoms with Crippen LogP contribution in [0.4, 0.5) is 5.69 Å². The molecular formula is C18H25ClIN. The van der Waals surface area contributed by atoms with Crippen LogP contribution in [0.1, 0.15) is 57.8 Å². The van der Waals surface area contributed by atoms with E-state index in [2.05, 4.69) is 40.0 Å². The van der Waals surface area contributed by atoms with E-state index in [9.17, 15) is 0 Å². The molecule has 0 heterocycles. The third-order valence-corrected chi connectivity index (χ3v) is 6.47. The van der Waals surface area contributed by atoms with E-state index < -0.39 is 0 Å². The molecule has 2 fully saturated rings. The van der Waals surface area contributed by atoms with Crippen molar-refractivity contribution in [3.63, 3.8) is 0 Å². The fourth-order valence-electron chi connectivity index (χ4n) is 4.27. The molecule has 1 aromatic carbocycles. The van der Waals surface area contributed by atoms with Gasteiger partial charge in [0.05, 0.1) is 0 Å². The van der Waals surface area contributed by atoms with Crippen LogP contribution in [0.2, 0.25) is 5.02 Å². The molecule has 0 spiro atoms. The van der Waals surface area contributed by atoms with Gasteiger partial charge in [-0.15, -0.1) is 0 Å². The minimum Gasteiger partial charge on any atom is -0.381 e. The highest BCUT2D eigenvalue weighted by atomic mass is 127. The number of rotatable bonds is 3. The van der Waals surface area contributed by atoms with E-state index in [1.54, 1.807) is 0 Å². The third-order valence-electron chi connectivity index (χ3n) is 5.35. The van der Waals surface area contributed by atoms with E-state index in [4.69, 9.17) is 11.6 Å². The van der Waals surface area contributed by atoms with Crippen LogP contribution < -0.4 is 5.32 Å². The average Bonchev–Trinajstić information content (AvgIpc) is 2.51. The standard InChI is InChI=1S/C18H25ClIN/c19-14-10-11-18(16(20)12-14)21-17-9-5-4-8-15(17)13-6-2-1-3-7-13/h10-13,15,17,21H,1-9H2. The van der Waals surface area contributed by atoms with Crippen LogP contribution in [-0.4, -0.2) is 6.04 Å². The Morgan fingerprint density at radius 3 is 2.43 bits per heavy atom. The minimum absolute atomic E-state index is 0.663. The first-order valence-electron chi connectivity index (χ1n) is 8.45. The van der Waals surface area contributed by atoms with Gasteiger partial charge in [-0.1, -0.05) is 56.5 Å². The lowest BCUT2D eigenvalue weighted by Gasteiger charge is -2.40. The van der Waals surface area contributed by atoms with E-state index in [1.165, 1.54) is 67.0 Å². The van der Waals surface area contributed by atoms with Gasteiger partial charge in [0.1, 0.15) is 0 Å². The molecule has 21 heavy (non-hydrogen) atoms. The summed E-state index contributed by atoms with van der Waals surface area (Å²) >= 11 is 8.47. The molecule has 1 aromatic rings. The molecule has 2 unspecified atom stereocenters. The Labute approximate surface area is 147 Å². The maximum atomic E-state index is 6.08. The van der Waals surface area contributed by atoms with Crippen molar-refractivity contribution in [1.82, 2.24) is 0 Å². The van der Waals surface area contributed by atoms with Crippen LogP contribution in [0.25, 0.3) is 0 Å². The highest BCUT2D eigenvalue weighted by Gasteiger charge is 2.32. The summed E-state index contributed by atoms with van der Waals surface area (Å²) in [6.07, 6.45) is 12.8. The minimum atomic E-state index is 0.663. The van der Waals surface area contributed by atoms with Gasteiger partial charge in [-0.05, 0) is 65.5 Å². The molecule has 2 aliphatic rings. The predicted molar refractivity (Wildman–Crippen MR) is 100 cm³/mol. The molecule has 3 heteroatoms. The summed E-state index contributed by atoms with van der Waals surface area (Å²) < 4.78 is 1.24. The summed E-state index contributed by atoms with van der Waals surface area (Å²) in [4.78, 5) is 0. The number of benzene rings is 1. The number of nitrogens with one attached hydrogen (secondary N) is 1. The lowest BCUT2D eigenvalue weighted by molar-refractivity contribution is 0.180. The van der Waals surface area contributed by atoms with Gasteiger partial charge in [0, 0.05) is 20.3 Å². The van der Waals surface area contributed by atoms with Gasteiger partial charge < -0.3 is 5.32 Å². The normalized spacial score (nSPS) is 27.5. The van der Waals surface area contributed by atoms with Crippen LogP contribution in [0.3, 0.4) is 0 Å². The van der Waals surface area contributed by atoms with Gasteiger partial charge in [-0.2, -0.15) is 0 Å². The van der Waals surface area contributed by atoms with Gasteiger partial charge >= 0.3 is 0 Å². The van der Waals surface area contributed by atoms with Crippen LogP contribution in [-0.2, 0) is 0 Å². The fraction of sp³-hybridized carbons (Fsp3) is 0.667. The lowest BCUT2D eigenvalue weighted by Crippen LogP contribution is -2.37. The van der Waals surface area contributed by atoms with Crippen molar-refractivity contribution in [3.8, 4) is 0 Å². The molecule has 2 atom stereocenters. The molecule has 2 saturated carbocycles. The molecule has 1 nitrogen and oxygen atoms in total. The van der Waals surface area contributed by atoms with E-state index in [1.807, 2.05) is 6.07 Å². The summed E-state index contributed by atoms with van der Waals surface area (Å²) in [5.41, 5.74) is 1.27.